The van der Waals surface area contributed by atoms with E-state index < -0.39 is 80.5 Å². The maximum Gasteiger partial charge on any atom is 0.205 e. The van der Waals surface area contributed by atoms with Gasteiger partial charge in [-0.15, -0.1) is 0 Å². The summed E-state index contributed by atoms with van der Waals surface area (Å²) in [6, 6.07) is 24.1. The van der Waals surface area contributed by atoms with E-state index in [0.717, 1.165) is 62.4 Å². The van der Waals surface area contributed by atoms with E-state index in [1.165, 1.54) is 47.5 Å². The quantitative estimate of drug-likeness (QED) is 0.0787. The number of ketones is 2. The smallest absolute Gasteiger partial charge is 0.205 e. The van der Waals surface area contributed by atoms with Crippen LogP contribution >= 0.6 is 0 Å². The third-order valence-corrected chi connectivity index (χ3v) is 10.5. The zero-order chi connectivity index (χ0) is 41.4. The van der Waals surface area contributed by atoms with E-state index in [2.05, 4.69) is 24.3 Å². The van der Waals surface area contributed by atoms with Crippen LogP contribution in [0.1, 0.15) is 91.6 Å². The highest BCUT2D eigenvalue weighted by Crippen LogP contribution is 2.42. The van der Waals surface area contributed by atoms with Crippen molar-refractivity contribution < 1.29 is 54.2 Å². The molecule has 0 heterocycles. The average molecular weight is 801 g/mol. The molecular formula is C46H32F8O4. The van der Waals surface area contributed by atoms with Gasteiger partial charge >= 0.3 is 0 Å². The van der Waals surface area contributed by atoms with Crippen molar-refractivity contribution in [1.82, 2.24) is 0 Å². The van der Waals surface area contributed by atoms with Gasteiger partial charge in [0.05, 0.1) is 0 Å². The summed E-state index contributed by atoms with van der Waals surface area (Å²) in [7, 11) is 0. The highest BCUT2D eigenvalue weighted by molar-refractivity contribution is 6.10. The Morgan fingerprint density at radius 2 is 0.759 bits per heavy atom. The van der Waals surface area contributed by atoms with Crippen LogP contribution in [0.25, 0.3) is 0 Å². The molecule has 0 unspecified atom stereocenters. The van der Waals surface area contributed by atoms with Crippen molar-refractivity contribution in [2.75, 3.05) is 0 Å². The number of rotatable bonds is 10. The summed E-state index contributed by atoms with van der Waals surface area (Å²) in [6.07, 6.45) is 3.90. The van der Waals surface area contributed by atoms with Crippen LogP contribution in [0.15, 0.2) is 97.1 Å². The van der Waals surface area contributed by atoms with E-state index in [-0.39, 0.29) is 34.3 Å². The Balaban J connectivity index is 1.00. The van der Waals surface area contributed by atoms with E-state index in [0.29, 0.717) is 5.92 Å². The van der Waals surface area contributed by atoms with Gasteiger partial charge in [-0.3, -0.25) is 9.59 Å². The molecule has 1 fully saturated rings. The third-order valence-electron chi connectivity index (χ3n) is 10.5. The molecule has 0 amide bonds. The number of carbonyl (C=O) groups excluding carboxylic acids is 2. The molecule has 1 saturated carbocycles. The third kappa shape index (κ3) is 7.70. The van der Waals surface area contributed by atoms with Gasteiger partial charge in [0.25, 0.3) is 0 Å². The normalized spacial score (nSPS) is 15.3. The lowest BCUT2D eigenvalue weighted by molar-refractivity contribution is 0.102. The minimum Gasteiger partial charge on any atom is -0.457 e. The number of carbonyl (C=O) groups is 2. The fourth-order valence-corrected chi connectivity index (χ4v) is 7.14. The van der Waals surface area contributed by atoms with Gasteiger partial charge in [-0.05, 0) is 123 Å². The maximum absolute atomic E-state index is 15.3. The predicted octanol–water partition coefficient (Wildman–Crippen LogP) is 12.9. The van der Waals surface area contributed by atoms with Gasteiger partial charge in [0.2, 0.25) is 17.4 Å². The molecule has 1 aliphatic carbocycles. The monoisotopic (exact) mass is 800 g/mol. The summed E-state index contributed by atoms with van der Waals surface area (Å²) < 4.78 is 129. The van der Waals surface area contributed by atoms with E-state index >= 15 is 17.6 Å². The lowest BCUT2D eigenvalue weighted by Gasteiger charge is -2.29. The maximum atomic E-state index is 15.3. The second-order valence-electron chi connectivity index (χ2n) is 14.2. The number of halogens is 8. The second-order valence-corrected chi connectivity index (χ2v) is 14.2. The lowest BCUT2D eigenvalue weighted by atomic mass is 9.76. The zero-order valence-electron chi connectivity index (χ0n) is 30.9. The lowest BCUT2D eigenvalue weighted by Crippen LogP contribution is -2.13. The largest absolute Gasteiger partial charge is 0.457 e. The summed E-state index contributed by atoms with van der Waals surface area (Å²) >= 11 is 0. The number of ether oxygens (including phenoxy) is 2. The van der Waals surface area contributed by atoms with E-state index in [1.54, 1.807) is 12.1 Å². The van der Waals surface area contributed by atoms with Crippen molar-refractivity contribution in [3.8, 4) is 23.0 Å². The first-order valence-electron chi connectivity index (χ1n) is 18.2. The minimum absolute atomic E-state index is 0.0541. The molecule has 7 rings (SSSR count). The van der Waals surface area contributed by atoms with Crippen LogP contribution in [-0.2, 0) is 0 Å². The molecule has 0 radical (unpaired) electrons. The molecule has 0 atom stereocenters. The molecule has 0 bridgehead atoms. The molecule has 6 aromatic rings. The fraction of sp³-hybridized carbons (Fsp3) is 0.174. The Labute approximate surface area is 327 Å². The van der Waals surface area contributed by atoms with E-state index in [1.807, 2.05) is 6.92 Å². The minimum atomic E-state index is -1.95. The Hall–Kier alpha value is -6.30. The molecule has 0 N–H and O–H groups in total. The zero-order valence-corrected chi connectivity index (χ0v) is 30.9. The van der Waals surface area contributed by atoms with Gasteiger partial charge in [-0.1, -0.05) is 42.0 Å². The Morgan fingerprint density at radius 1 is 0.431 bits per heavy atom. The molecule has 0 spiro atoms. The summed E-state index contributed by atoms with van der Waals surface area (Å²) in [5.74, 6) is -18.0. The van der Waals surface area contributed by atoms with Gasteiger partial charge in [0.1, 0.15) is 28.4 Å². The molecular weight excluding hydrogens is 768 g/mol. The van der Waals surface area contributed by atoms with Crippen molar-refractivity contribution in [2.45, 2.75) is 51.4 Å². The van der Waals surface area contributed by atoms with Crippen LogP contribution in [0.2, 0.25) is 0 Å². The summed E-state index contributed by atoms with van der Waals surface area (Å²) in [6.45, 7) is 2.87. The van der Waals surface area contributed by atoms with Crippen LogP contribution in [0, 0.1) is 60.4 Å². The van der Waals surface area contributed by atoms with Crippen molar-refractivity contribution in [3.63, 3.8) is 0 Å². The van der Waals surface area contributed by atoms with Crippen LogP contribution in [-0.4, -0.2) is 11.6 Å². The molecule has 6 aromatic carbocycles. The highest BCUT2D eigenvalue weighted by atomic mass is 19.2. The van der Waals surface area contributed by atoms with Gasteiger partial charge in [0, 0.05) is 16.7 Å². The predicted molar refractivity (Wildman–Crippen MR) is 199 cm³/mol. The molecule has 1 aliphatic rings. The summed E-state index contributed by atoms with van der Waals surface area (Å²) in [4.78, 5) is 25.8. The Bertz CT molecular complexity index is 2470. The number of benzene rings is 6. The second kappa shape index (κ2) is 16.3. The van der Waals surface area contributed by atoms with Gasteiger partial charge < -0.3 is 9.47 Å². The van der Waals surface area contributed by atoms with E-state index in [4.69, 9.17) is 9.47 Å². The molecule has 0 saturated heterocycles. The number of aryl methyl sites for hydroxylation is 1. The first-order valence-corrected chi connectivity index (χ1v) is 18.2. The van der Waals surface area contributed by atoms with Crippen molar-refractivity contribution in [3.05, 3.63) is 188 Å². The van der Waals surface area contributed by atoms with Crippen LogP contribution in [0.3, 0.4) is 0 Å². The molecule has 296 valence electrons. The molecule has 12 heteroatoms. The standard InChI is InChI=1S/C46H32F8O4/c1-23-3-5-25(6-4-23)26-7-9-27(10-8-26)28-11-17-33(18-12-28)58-46-42(53)40(51)35(41(52)43(46)54)45(56)30-15-21-32(22-16-30)57-31-19-13-29(14-20-31)44(55)34-38(49)36(47)24(2)37(48)39(34)50/h3-6,11-22,26-27H,7-10H2,1-2H3. The summed E-state index contributed by atoms with van der Waals surface area (Å²) in [5, 5.41) is 0. The van der Waals surface area contributed by atoms with Gasteiger partial charge in [0.15, 0.2) is 46.5 Å². The SMILES string of the molecule is Cc1ccc(C2CCC(c3ccc(Oc4c(F)c(F)c(C(=O)c5ccc(Oc6ccc(C(=O)c7c(F)c(F)c(C)c(F)c7F)cc6)cc5)c(F)c4F)cc3)CC2)cc1. The Kier molecular flexibility index (Phi) is 11.2. The molecule has 0 aliphatic heterocycles. The highest BCUT2D eigenvalue weighted by Gasteiger charge is 2.32. The van der Waals surface area contributed by atoms with Crippen molar-refractivity contribution in [2.24, 2.45) is 0 Å². The van der Waals surface area contributed by atoms with Crippen molar-refractivity contribution in [1.29, 1.82) is 0 Å². The van der Waals surface area contributed by atoms with Crippen LogP contribution < -0.4 is 9.47 Å². The van der Waals surface area contributed by atoms with Crippen LogP contribution in [0.4, 0.5) is 35.1 Å². The number of hydrogen-bond donors (Lipinski definition) is 0. The van der Waals surface area contributed by atoms with Crippen molar-refractivity contribution >= 4 is 11.6 Å². The molecule has 0 aromatic heterocycles. The molecule has 58 heavy (non-hydrogen) atoms. The van der Waals surface area contributed by atoms with Gasteiger partial charge in [-0.25, -0.2) is 26.3 Å². The summed E-state index contributed by atoms with van der Waals surface area (Å²) in [5.41, 5.74) is -0.963. The molecule has 4 nitrogen and oxygen atoms in total. The van der Waals surface area contributed by atoms with Gasteiger partial charge in [-0.2, -0.15) is 8.78 Å². The van der Waals surface area contributed by atoms with E-state index in [9.17, 15) is 27.2 Å². The first kappa shape index (κ1) is 39.9. The number of hydrogen-bond acceptors (Lipinski definition) is 4. The fourth-order valence-electron chi connectivity index (χ4n) is 7.14. The Morgan fingerprint density at radius 3 is 1.16 bits per heavy atom. The first-order chi connectivity index (χ1) is 27.7. The van der Waals surface area contributed by atoms with Crippen LogP contribution in [0.5, 0.6) is 23.0 Å². The topological polar surface area (TPSA) is 52.6 Å². The average Bonchev–Trinajstić information content (AvgIpc) is 3.24.